The molecule has 1 unspecified atom stereocenters. The molecule has 114 valence electrons. The van der Waals surface area contributed by atoms with Crippen molar-refractivity contribution < 1.29 is 9.90 Å². The number of hydrogen-bond donors (Lipinski definition) is 3. The van der Waals surface area contributed by atoms with Crippen molar-refractivity contribution in [2.24, 2.45) is 0 Å². The Hall–Kier alpha value is -1.81. The molecule has 3 N–H and O–H groups in total. The van der Waals surface area contributed by atoms with E-state index in [1.54, 1.807) is 0 Å². The van der Waals surface area contributed by atoms with Gasteiger partial charge >= 0.3 is 0 Å². The van der Waals surface area contributed by atoms with Crippen LogP contribution in [0.25, 0.3) is 10.9 Å². The predicted octanol–water partition coefficient (Wildman–Crippen LogP) is 2.77. The zero-order valence-electron chi connectivity index (χ0n) is 12.6. The molecule has 4 heteroatoms. The van der Waals surface area contributed by atoms with Gasteiger partial charge in [0.2, 0.25) is 5.91 Å². The van der Waals surface area contributed by atoms with Crippen molar-refractivity contribution in [3.63, 3.8) is 0 Å². The van der Waals surface area contributed by atoms with Gasteiger partial charge in [0.25, 0.3) is 0 Å². The molecule has 1 heterocycles. The molecule has 0 bridgehead atoms. The minimum absolute atomic E-state index is 0.0788. The number of amides is 1. The number of nitrogens with one attached hydrogen (secondary N) is 2. The van der Waals surface area contributed by atoms with Crippen LogP contribution in [-0.4, -0.2) is 28.6 Å². The van der Waals surface area contributed by atoms with E-state index < -0.39 is 0 Å². The summed E-state index contributed by atoms with van der Waals surface area (Å²) in [5.74, 6) is 0.0788. The average molecular weight is 288 g/mol. The molecule has 1 aromatic carbocycles. The van der Waals surface area contributed by atoms with Gasteiger partial charge in [-0.2, -0.15) is 0 Å². The third-order valence-corrected chi connectivity index (χ3v) is 3.86. The quantitative estimate of drug-likeness (QED) is 0.699. The van der Waals surface area contributed by atoms with Gasteiger partial charge in [0.1, 0.15) is 0 Å². The normalized spacial score (nSPS) is 12.5. The maximum absolute atomic E-state index is 11.9. The fraction of sp³-hybridized carbons (Fsp3) is 0.471. The van der Waals surface area contributed by atoms with E-state index in [0.717, 1.165) is 24.8 Å². The van der Waals surface area contributed by atoms with Crippen LogP contribution >= 0.6 is 0 Å². The van der Waals surface area contributed by atoms with Crippen molar-refractivity contribution in [1.29, 1.82) is 0 Å². The number of aliphatic hydroxyl groups is 1. The first-order valence-corrected chi connectivity index (χ1v) is 7.69. The maximum Gasteiger partial charge on any atom is 0.220 e. The van der Waals surface area contributed by atoms with Crippen LogP contribution in [0.2, 0.25) is 0 Å². The molecule has 0 spiro atoms. The van der Waals surface area contributed by atoms with E-state index in [9.17, 15) is 4.79 Å². The molecule has 0 aliphatic rings. The lowest BCUT2D eigenvalue weighted by Crippen LogP contribution is -2.34. The number of fused-ring (bicyclic) bond motifs is 1. The van der Waals surface area contributed by atoms with E-state index in [-0.39, 0.29) is 18.6 Å². The Kier molecular flexibility index (Phi) is 5.81. The Morgan fingerprint density at radius 1 is 1.38 bits per heavy atom. The number of para-hydroxylation sites is 1. The van der Waals surface area contributed by atoms with E-state index in [4.69, 9.17) is 5.11 Å². The molecular weight excluding hydrogens is 264 g/mol. The van der Waals surface area contributed by atoms with E-state index in [1.165, 1.54) is 10.9 Å². The topological polar surface area (TPSA) is 65.1 Å². The Balaban J connectivity index is 1.80. The van der Waals surface area contributed by atoms with Gasteiger partial charge in [0, 0.05) is 36.2 Å². The second-order valence-corrected chi connectivity index (χ2v) is 5.40. The van der Waals surface area contributed by atoms with Crippen molar-refractivity contribution in [2.45, 2.75) is 45.1 Å². The van der Waals surface area contributed by atoms with Crippen molar-refractivity contribution in [1.82, 2.24) is 10.3 Å². The molecule has 1 atom stereocenters. The maximum atomic E-state index is 11.9. The second kappa shape index (κ2) is 7.84. The molecule has 0 radical (unpaired) electrons. The molecule has 1 aromatic heterocycles. The molecule has 2 rings (SSSR count). The van der Waals surface area contributed by atoms with Crippen LogP contribution in [0, 0.1) is 0 Å². The van der Waals surface area contributed by atoms with Gasteiger partial charge in [-0.15, -0.1) is 0 Å². The van der Waals surface area contributed by atoms with Crippen molar-refractivity contribution in [3.8, 4) is 0 Å². The summed E-state index contributed by atoms with van der Waals surface area (Å²) in [5, 5.41) is 13.1. The SMILES string of the molecule is CCC(CCO)NC(=O)CCCc1c[nH]c2ccccc12. The molecule has 0 fully saturated rings. The summed E-state index contributed by atoms with van der Waals surface area (Å²) in [6, 6.07) is 8.31. The summed E-state index contributed by atoms with van der Waals surface area (Å²) in [7, 11) is 0. The molecule has 0 aliphatic heterocycles. The van der Waals surface area contributed by atoms with Crippen molar-refractivity contribution in [3.05, 3.63) is 36.0 Å². The number of H-pyrrole nitrogens is 1. The highest BCUT2D eigenvalue weighted by Gasteiger charge is 2.10. The number of benzene rings is 1. The molecule has 4 nitrogen and oxygen atoms in total. The van der Waals surface area contributed by atoms with Crippen LogP contribution in [0.4, 0.5) is 0 Å². The van der Waals surface area contributed by atoms with Gasteiger partial charge in [0.15, 0.2) is 0 Å². The number of carbonyl (C=O) groups excluding carboxylic acids is 1. The lowest BCUT2D eigenvalue weighted by Gasteiger charge is -2.15. The Bertz CT molecular complexity index is 577. The highest BCUT2D eigenvalue weighted by Crippen LogP contribution is 2.19. The fourth-order valence-corrected chi connectivity index (χ4v) is 2.61. The summed E-state index contributed by atoms with van der Waals surface area (Å²) in [6.45, 7) is 2.14. The number of aromatic nitrogens is 1. The standard InChI is InChI=1S/C17H24N2O2/c1-2-14(10-11-20)19-17(21)9-5-6-13-12-18-16-8-4-3-7-15(13)16/h3-4,7-8,12,14,18,20H,2,5-6,9-11H2,1H3,(H,19,21). The van der Waals surface area contributed by atoms with E-state index >= 15 is 0 Å². The zero-order valence-corrected chi connectivity index (χ0v) is 12.6. The van der Waals surface area contributed by atoms with Gasteiger partial charge in [-0.3, -0.25) is 4.79 Å². The first kappa shape index (κ1) is 15.6. The molecule has 1 amide bonds. The third-order valence-electron chi connectivity index (χ3n) is 3.86. The smallest absolute Gasteiger partial charge is 0.220 e. The number of aliphatic hydroxyl groups excluding tert-OH is 1. The largest absolute Gasteiger partial charge is 0.396 e. The summed E-state index contributed by atoms with van der Waals surface area (Å²) < 4.78 is 0. The highest BCUT2D eigenvalue weighted by molar-refractivity contribution is 5.83. The lowest BCUT2D eigenvalue weighted by molar-refractivity contribution is -0.122. The third kappa shape index (κ3) is 4.33. The number of carbonyl (C=O) groups is 1. The number of aromatic amines is 1. The van der Waals surface area contributed by atoms with Crippen LogP contribution in [0.3, 0.4) is 0 Å². The monoisotopic (exact) mass is 288 g/mol. The van der Waals surface area contributed by atoms with Gasteiger partial charge in [-0.1, -0.05) is 25.1 Å². The van der Waals surface area contributed by atoms with Crippen LogP contribution in [0.1, 0.15) is 38.2 Å². The van der Waals surface area contributed by atoms with Crippen molar-refractivity contribution >= 4 is 16.8 Å². The molecular formula is C17H24N2O2. The summed E-state index contributed by atoms with van der Waals surface area (Å²) >= 11 is 0. The van der Waals surface area contributed by atoms with Crippen molar-refractivity contribution in [2.75, 3.05) is 6.61 Å². The van der Waals surface area contributed by atoms with Gasteiger partial charge in [0.05, 0.1) is 0 Å². The van der Waals surface area contributed by atoms with Crippen LogP contribution in [0.5, 0.6) is 0 Å². The minimum atomic E-state index is 0.0788. The molecule has 2 aromatic rings. The summed E-state index contributed by atoms with van der Waals surface area (Å²) in [6.07, 6.45) is 5.78. The van der Waals surface area contributed by atoms with Gasteiger partial charge < -0.3 is 15.4 Å². The second-order valence-electron chi connectivity index (χ2n) is 5.40. The lowest BCUT2D eigenvalue weighted by atomic mass is 10.1. The molecule has 0 saturated carbocycles. The molecule has 0 aliphatic carbocycles. The number of hydrogen-bond acceptors (Lipinski definition) is 2. The molecule has 21 heavy (non-hydrogen) atoms. The first-order valence-electron chi connectivity index (χ1n) is 7.69. The average Bonchev–Trinajstić information content (AvgIpc) is 2.90. The summed E-state index contributed by atoms with van der Waals surface area (Å²) in [5.41, 5.74) is 2.41. The zero-order chi connectivity index (χ0) is 15.1. The predicted molar refractivity (Wildman–Crippen MR) is 85.2 cm³/mol. The minimum Gasteiger partial charge on any atom is -0.396 e. The van der Waals surface area contributed by atoms with E-state index in [2.05, 4.69) is 22.4 Å². The van der Waals surface area contributed by atoms with E-state index in [0.29, 0.717) is 12.8 Å². The Morgan fingerprint density at radius 2 is 2.19 bits per heavy atom. The first-order chi connectivity index (χ1) is 10.2. The number of aryl methyl sites for hydroxylation is 1. The fourth-order valence-electron chi connectivity index (χ4n) is 2.61. The van der Waals surface area contributed by atoms with Gasteiger partial charge in [-0.05, 0) is 37.3 Å². The Morgan fingerprint density at radius 3 is 2.95 bits per heavy atom. The molecule has 0 saturated heterocycles. The number of rotatable bonds is 8. The van der Waals surface area contributed by atoms with Crippen LogP contribution < -0.4 is 5.32 Å². The van der Waals surface area contributed by atoms with Crippen LogP contribution in [0.15, 0.2) is 30.5 Å². The highest BCUT2D eigenvalue weighted by atomic mass is 16.3. The Labute approximate surface area is 125 Å². The summed E-state index contributed by atoms with van der Waals surface area (Å²) in [4.78, 5) is 15.1. The van der Waals surface area contributed by atoms with Crippen LogP contribution in [-0.2, 0) is 11.2 Å². The van der Waals surface area contributed by atoms with Gasteiger partial charge in [-0.25, -0.2) is 0 Å². The van der Waals surface area contributed by atoms with E-state index in [1.807, 2.05) is 25.3 Å².